The number of carbonyl (C=O) groups excluding carboxylic acids is 8. The quantitative estimate of drug-likeness (QED) is 0.0319. The van der Waals surface area contributed by atoms with Crippen LogP contribution in [0.4, 0.5) is 0 Å². The van der Waals surface area contributed by atoms with Gasteiger partial charge in [-0.3, -0.25) is 38.4 Å². The van der Waals surface area contributed by atoms with E-state index in [4.69, 9.17) is 18.9 Å². The third-order valence-electron chi connectivity index (χ3n) is 18.9. The van der Waals surface area contributed by atoms with Gasteiger partial charge in [0.05, 0.1) is 50.1 Å². The molecule has 4 rings (SSSR count). The molecular formula is C78H144N4O12. The molecule has 0 aliphatic carbocycles. The summed E-state index contributed by atoms with van der Waals surface area (Å²) in [5.41, 5.74) is 0. The summed E-state index contributed by atoms with van der Waals surface area (Å²) < 4.78 is 20.8. The minimum absolute atomic E-state index is 0.0561. The fraction of sp³-hybridized carbons (Fsp3) is 0.897. The highest BCUT2D eigenvalue weighted by atomic mass is 16.5. The average molecular weight is 1330 g/mol. The molecule has 4 heterocycles. The van der Waals surface area contributed by atoms with E-state index in [-0.39, 0.29) is 71.2 Å². The number of carbonyl (C=O) groups is 8. The standard InChI is InChI=1S/C26H49NO3.C22H41NO3.C21H39NO3.C9H15NO3/c1-3-5-7-8-9-10-11-12-13-14-15-16-17-18-20-27-23-24(22-25(27)28)26(29)30-21-19-6-4-2;1-3-5-7-8-9-10-11-12-13-14-16-23-19-20(18-21(23)24)22(25)26-17-15-6-4-2;1-3-5-7-8-9-10-11-12-13-15-22-18-19(17-20(22)23)21(24)25-16-14-6-4-2;1-3-10-6-7(5-8(10)11)9(12)13-4-2/h24H,3-23H2,1-2H3;20H,3-19H2,1-2H3;19H,3-18H2,1-2H3;7H,3-6H2,1-2H3. The van der Waals surface area contributed by atoms with Gasteiger partial charge in [0.25, 0.3) is 0 Å². The van der Waals surface area contributed by atoms with Crippen molar-refractivity contribution in [2.45, 2.75) is 351 Å². The van der Waals surface area contributed by atoms with E-state index < -0.39 is 0 Å². The number of ether oxygens (including phenoxy) is 4. The molecule has 4 aliphatic rings. The lowest BCUT2D eigenvalue weighted by Crippen LogP contribution is -2.27. The van der Waals surface area contributed by atoms with E-state index >= 15 is 0 Å². The van der Waals surface area contributed by atoms with E-state index in [0.717, 1.165) is 96.7 Å². The molecule has 0 N–H and O–H groups in total. The molecule has 16 heteroatoms. The molecule has 0 bridgehead atoms. The van der Waals surface area contributed by atoms with Gasteiger partial charge in [-0.25, -0.2) is 0 Å². The second-order valence-electron chi connectivity index (χ2n) is 27.5. The monoisotopic (exact) mass is 1330 g/mol. The first-order valence-electron chi connectivity index (χ1n) is 39.5. The third-order valence-corrected chi connectivity index (χ3v) is 18.9. The second-order valence-corrected chi connectivity index (χ2v) is 27.5. The van der Waals surface area contributed by atoms with Crippen LogP contribution in [0.5, 0.6) is 0 Å². The maximum atomic E-state index is 12.1. The third kappa shape index (κ3) is 44.6. The normalized spacial score (nSPS) is 17.6. The van der Waals surface area contributed by atoms with E-state index in [1.807, 2.05) is 21.6 Å². The minimum atomic E-state index is -0.245. The van der Waals surface area contributed by atoms with Crippen molar-refractivity contribution in [2.24, 2.45) is 23.7 Å². The summed E-state index contributed by atoms with van der Waals surface area (Å²) in [6.07, 6.45) is 54.0. The Bertz CT molecular complexity index is 1940. The smallest absolute Gasteiger partial charge is 0.311 e. The van der Waals surface area contributed by atoms with Gasteiger partial charge >= 0.3 is 23.9 Å². The first-order valence-corrected chi connectivity index (χ1v) is 39.5. The van der Waals surface area contributed by atoms with Gasteiger partial charge in [0.15, 0.2) is 0 Å². The molecule has 548 valence electrons. The van der Waals surface area contributed by atoms with Crippen LogP contribution in [0, 0.1) is 23.7 Å². The van der Waals surface area contributed by atoms with Crippen molar-refractivity contribution in [3.8, 4) is 0 Å². The van der Waals surface area contributed by atoms with Gasteiger partial charge < -0.3 is 38.5 Å². The van der Waals surface area contributed by atoms with Gasteiger partial charge in [-0.15, -0.1) is 0 Å². The molecule has 0 aromatic heterocycles. The highest BCUT2D eigenvalue weighted by Crippen LogP contribution is 2.25. The number of esters is 4. The number of likely N-dealkylation sites (tertiary alicyclic amines) is 4. The Balaban J connectivity index is 0.000000646. The maximum Gasteiger partial charge on any atom is 0.311 e. The van der Waals surface area contributed by atoms with Crippen molar-refractivity contribution in [3.05, 3.63) is 0 Å². The van der Waals surface area contributed by atoms with E-state index in [1.165, 1.54) is 193 Å². The van der Waals surface area contributed by atoms with Crippen LogP contribution in [0.2, 0.25) is 0 Å². The Hall–Kier alpha value is -4.24. The van der Waals surface area contributed by atoms with Crippen LogP contribution in [0.15, 0.2) is 0 Å². The molecule has 0 saturated carbocycles. The number of nitrogens with zero attached hydrogens (tertiary/aromatic N) is 4. The lowest BCUT2D eigenvalue weighted by molar-refractivity contribution is -0.149. The zero-order chi connectivity index (χ0) is 69.1. The van der Waals surface area contributed by atoms with Crippen molar-refractivity contribution in [1.82, 2.24) is 19.6 Å². The molecule has 94 heavy (non-hydrogen) atoms. The number of unbranched alkanes of at least 4 members (excludes halogenated alkanes) is 36. The van der Waals surface area contributed by atoms with Crippen LogP contribution < -0.4 is 0 Å². The molecule has 0 radical (unpaired) electrons. The summed E-state index contributed by atoms with van der Waals surface area (Å²) in [6.45, 7) is 24.0. The van der Waals surface area contributed by atoms with E-state index in [9.17, 15) is 38.4 Å². The zero-order valence-electron chi connectivity index (χ0n) is 62.0. The molecule has 0 aromatic rings. The Morgan fingerprint density at radius 3 is 0.670 bits per heavy atom. The van der Waals surface area contributed by atoms with Crippen LogP contribution in [0.1, 0.15) is 351 Å². The number of rotatable bonds is 54. The molecule has 4 atom stereocenters. The fourth-order valence-electron chi connectivity index (χ4n) is 12.8. The van der Waals surface area contributed by atoms with Crippen molar-refractivity contribution in [1.29, 1.82) is 0 Å². The number of amides is 4. The van der Waals surface area contributed by atoms with Gasteiger partial charge in [0.1, 0.15) is 0 Å². The zero-order valence-corrected chi connectivity index (χ0v) is 62.0. The number of hydrogen-bond donors (Lipinski definition) is 0. The van der Waals surface area contributed by atoms with Crippen LogP contribution in [-0.4, -0.2) is 146 Å². The van der Waals surface area contributed by atoms with E-state index in [1.54, 1.807) is 11.8 Å². The molecule has 16 nitrogen and oxygen atoms in total. The molecule has 0 spiro atoms. The minimum Gasteiger partial charge on any atom is -0.466 e. The first-order chi connectivity index (χ1) is 45.7. The van der Waals surface area contributed by atoms with Gasteiger partial charge in [0, 0.05) is 78.0 Å². The fourth-order valence-corrected chi connectivity index (χ4v) is 12.8. The topological polar surface area (TPSA) is 186 Å². The summed E-state index contributed by atoms with van der Waals surface area (Å²) in [5, 5.41) is 0. The van der Waals surface area contributed by atoms with Crippen molar-refractivity contribution >= 4 is 47.5 Å². The van der Waals surface area contributed by atoms with Gasteiger partial charge in [-0.05, 0) is 52.4 Å². The molecule has 4 unspecified atom stereocenters. The Labute approximate surface area is 575 Å². The van der Waals surface area contributed by atoms with Crippen LogP contribution in [0.3, 0.4) is 0 Å². The van der Waals surface area contributed by atoms with Crippen molar-refractivity contribution in [2.75, 3.05) is 78.8 Å². The van der Waals surface area contributed by atoms with Gasteiger partial charge in [-0.1, -0.05) is 273 Å². The van der Waals surface area contributed by atoms with Crippen molar-refractivity contribution in [3.63, 3.8) is 0 Å². The molecule has 4 saturated heterocycles. The summed E-state index contributed by atoms with van der Waals surface area (Å²) in [4.78, 5) is 102. The SMILES string of the molecule is CCCCCCCCCCCCCCCCN1CC(C(=O)OCCCCC)CC1=O.CCCCCCCCCCCCN1CC(C(=O)OCCCCC)CC1=O.CCCCCCCCCCCN1CC(C(=O)OCCCCC)CC1=O.CCOC(=O)C1CC(=O)N(CC)C1. The Kier molecular flexibility index (Phi) is 57.1. The van der Waals surface area contributed by atoms with Crippen molar-refractivity contribution < 1.29 is 57.3 Å². The Morgan fingerprint density at radius 2 is 0.457 bits per heavy atom. The molecule has 4 amide bonds. The highest BCUT2D eigenvalue weighted by molar-refractivity contribution is 5.88. The van der Waals surface area contributed by atoms with Gasteiger partial charge in [-0.2, -0.15) is 0 Å². The molecule has 4 aliphatic heterocycles. The lowest BCUT2D eigenvalue weighted by atomic mass is 10.0. The molecular weight excluding hydrogens is 1180 g/mol. The predicted octanol–water partition coefficient (Wildman–Crippen LogP) is 18.1. The van der Waals surface area contributed by atoms with Crippen LogP contribution in [0.25, 0.3) is 0 Å². The second kappa shape index (κ2) is 61.1. The van der Waals surface area contributed by atoms with Crippen LogP contribution in [-0.2, 0) is 57.3 Å². The highest BCUT2D eigenvalue weighted by Gasteiger charge is 2.38. The lowest BCUT2D eigenvalue weighted by Gasteiger charge is -2.16. The summed E-state index contributed by atoms with van der Waals surface area (Å²) in [6, 6.07) is 0. The van der Waals surface area contributed by atoms with Crippen LogP contribution >= 0.6 is 0 Å². The molecule has 0 aromatic carbocycles. The summed E-state index contributed by atoms with van der Waals surface area (Å²) in [7, 11) is 0. The largest absolute Gasteiger partial charge is 0.466 e. The molecule has 4 fully saturated rings. The van der Waals surface area contributed by atoms with Gasteiger partial charge in [0.2, 0.25) is 23.6 Å². The Morgan fingerprint density at radius 1 is 0.266 bits per heavy atom. The summed E-state index contributed by atoms with van der Waals surface area (Å²) in [5.74, 6) is -1.33. The van der Waals surface area contributed by atoms with E-state index in [2.05, 4.69) is 41.5 Å². The maximum absolute atomic E-state index is 12.1. The predicted molar refractivity (Wildman–Crippen MR) is 382 cm³/mol. The first kappa shape index (κ1) is 87.8. The average Bonchev–Trinajstić information content (AvgIpc) is 1.92. The number of hydrogen-bond acceptors (Lipinski definition) is 12. The van der Waals surface area contributed by atoms with E-state index in [0.29, 0.717) is 84.8 Å². The summed E-state index contributed by atoms with van der Waals surface area (Å²) >= 11 is 0.